The van der Waals surface area contributed by atoms with E-state index in [4.69, 9.17) is 0 Å². The maximum Gasteiger partial charge on any atom is 0.0545 e. The summed E-state index contributed by atoms with van der Waals surface area (Å²) in [6, 6.07) is 0.462. The summed E-state index contributed by atoms with van der Waals surface area (Å²) in [5.41, 5.74) is 7.58. The SMILES string of the molecule is CC1=CC2C(NC3=C(C)CC(C)C=C3C2(C)C)C(C)=C1. The first-order chi connectivity index (χ1) is 9.30. The highest BCUT2D eigenvalue weighted by Crippen LogP contribution is 2.50. The molecule has 1 N–H and O–H groups in total. The lowest BCUT2D eigenvalue weighted by Gasteiger charge is -2.50. The molecule has 1 heterocycles. The summed E-state index contributed by atoms with van der Waals surface area (Å²) in [6.07, 6.45) is 8.50. The van der Waals surface area contributed by atoms with Gasteiger partial charge in [-0.25, -0.2) is 0 Å². The molecule has 3 unspecified atom stereocenters. The fourth-order valence-electron chi connectivity index (χ4n) is 4.30. The zero-order valence-corrected chi connectivity index (χ0v) is 13.7. The molecule has 108 valence electrons. The normalized spacial score (nSPS) is 35.3. The van der Waals surface area contributed by atoms with Crippen LogP contribution in [-0.2, 0) is 0 Å². The van der Waals surface area contributed by atoms with Gasteiger partial charge in [-0.15, -0.1) is 0 Å². The van der Waals surface area contributed by atoms with Gasteiger partial charge in [0.1, 0.15) is 0 Å². The van der Waals surface area contributed by atoms with Gasteiger partial charge in [-0.05, 0) is 49.7 Å². The highest BCUT2D eigenvalue weighted by atomic mass is 15.0. The molecule has 0 aromatic heterocycles. The molecule has 3 atom stereocenters. The monoisotopic (exact) mass is 269 g/mol. The van der Waals surface area contributed by atoms with E-state index in [0.29, 0.717) is 17.9 Å². The third kappa shape index (κ3) is 1.90. The highest BCUT2D eigenvalue weighted by molar-refractivity contribution is 5.49. The Bertz CT molecular complexity index is 569. The van der Waals surface area contributed by atoms with Crippen LogP contribution in [-0.4, -0.2) is 6.04 Å². The smallest absolute Gasteiger partial charge is 0.0545 e. The molecule has 1 aliphatic heterocycles. The van der Waals surface area contributed by atoms with Gasteiger partial charge in [-0.3, -0.25) is 0 Å². The van der Waals surface area contributed by atoms with E-state index in [1.54, 1.807) is 0 Å². The summed E-state index contributed by atoms with van der Waals surface area (Å²) in [5, 5.41) is 3.85. The van der Waals surface area contributed by atoms with Crippen molar-refractivity contribution < 1.29 is 0 Å². The summed E-state index contributed by atoms with van der Waals surface area (Å²) in [4.78, 5) is 0. The quantitative estimate of drug-likeness (QED) is 0.669. The van der Waals surface area contributed by atoms with Crippen molar-refractivity contribution in [3.8, 4) is 0 Å². The van der Waals surface area contributed by atoms with E-state index in [2.05, 4.69) is 65.1 Å². The van der Waals surface area contributed by atoms with Gasteiger partial charge < -0.3 is 5.32 Å². The van der Waals surface area contributed by atoms with E-state index in [0.717, 1.165) is 0 Å². The van der Waals surface area contributed by atoms with Crippen LogP contribution in [0.5, 0.6) is 0 Å². The third-order valence-electron chi connectivity index (χ3n) is 5.35. The lowest BCUT2D eigenvalue weighted by molar-refractivity contribution is 0.237. The Hall–Kier alpha value is -1.24. The Kier molecular flexibility index (Phi) is 3.00. The van der Waals surface area contributed by atoms with Crippen LogP contribution in [0.3, 0.4) is 0 Å². The number of hydrogen-bond acceptors (Lipinski definition) is 1. The van der Waals surface area contributed by atoms with Crippen LogP contribution in [0.15, 0.2) is 46.2 Å². The van der Waals surface area contributed by atoms with Gasteiger partial charge in [-0.2, -0.15) is 0 Å². The number of hydrogen-bond donors (Lipinski definition) is 1. The molecule has 1 fully saturated rings. The molecule has 3 aliphatic rings. The van der Waals surface area contributed by atoms with E-state index in [9.17, 15) is 0 Å². The molecule has 3 rings (SSSR count). The zero-order chi connectivity index (χ0) is 14.7. The van der Waals surface area contributed by atoms with Gasteiger partial charge >= 0.3 is 0 Å². The van der Waals surface area contributed by atoms with Crippen LogP contribution in [0.4, 0.5) is 0 Å². The van der Waals surface area contributed by atoms with Crippen molar-refractivity contribution in [1.82, 2.24) is 5.32 Å². The molecule has 0 radical (unpaired) electrons. The molecular weight excluding hydrogens is 242 g/mol. The topological polar surface area (TPSA) is 12.0 Å². The summed E-state index contributed by atoms with van der Waals surface area (Å²) >= 11 is 0. The average Bonchev–Trinajstić information content (AvgIpc) is 2.32. The van der Waals surface area contributed by atoms with Crippen molar-refractivity contribution in [1.29, 1.82) is 0 Å². The minimum atomic E-state index is 0.206. The molecule has 0 aromatic rings. The van der Waals surface area contributed by atoms with Gasteiger partial charge in [-0.1, -0.05) is 50.1 Å². The summed E-state index contributed by atoms with van der Waals surface area (Å²) in [7, 11) is 0. The van der Waals surface area contributed by atoms with Crippen LogP contribution in [0.25, 0.3) is 0 Å². The second-order valence-electron chi connectivity index (χ2n) is 7.59. The standard InChI is InChI=1S/C19H27N/c1-11-7-13(3)17-15(9-11)19(5,6)16-10-12(2)8-14(4)18(16)20-17/h7,9-10,12,15,17,20H,8H2,1-6H3. The first-order valence-corrected chi connectivity index (χ1v) is 7.86. The predicted octanol–water partition coefficient (Wildman–Crippen LogP) is 4.75. The molecule has 0 saturated carbocycles. The zero-order valence-electron chi connectivity index (χ0n) is 13.7. The van der Waals surface area contributed by atoms with Gasteiger partial charge in [0.05, 0.1) is 6.04 Å². The molecule has 1 heteroatoms. The van der Waals surface area contributed by atoms with E-state index in [1.165, 1.54) is 34.4 Å². The maximum atomic E-state index is 3.85. The van der Waals surface area contributed by atoms with Crippen molar-refractivity contribution in [2.24, 2.45) is 17.3 Å². The molecule has 1 nitrogen and oxygen atoms in total. The van der Waals surface area contributed by atoms with E-state index in [-0.39, 0.29) is 5.41 Å². The number of nitrogens with one attached hydrogen (secondary N) is 1. The summed E-state index contributed by atoms with van der Waals surface area (Å²) < 4.78 is 0. The number of rotatable bonds is 0. The first kappa shape index (κ1) is 13.7. The van der Waals surface area contributed by atoms with E-state index in [1.807, 2.05) is 0 Å². The predicted molar refractivity (Wildman–Crippen MR) is 86.3 cm³/mol. The van der Waals surface area contributed by atoms with Gasteiger partial charge in [0.15, 0.2) is 0 Å². The fourth-order valence-corrected chi connectivity index (χ4v) is 4.30. The van der Waals surface area contributed by atoms with Crippen LogP contribution in [0.1, 0.15) is 48.0 Å². The number of piperidine rings is 1. The molecule has 20 heavy (non-hydrogen) atoms. The fraction of sp³-hybridized carbons (Fsp3) is 0.579. The van der Waals surface area contributed by atoms with Crippen LogP contribution >= 0.6 is 0 Å². The van der Waals surface area contributed by atoms with Crippen molar-refractivity contribution in [2.75, 3.05) is 0 Å². The molecule has 1 saturated heterocycles. The van der Waals surface area contributed by atoms with Gasteiger partial charge in [0, 0.05) is 11.6 Å². The molecule has 0 bridgehead atoms. The highest BCUT2D eigenvalue weighted by Gasteiger charge is 2.45. The summed E-state index contributed by atoms with van der Waals surface area (Å²) in [6.45, 7) is 14.0. The van der Waals surface area contributed by atoms with E-state index >= 15 is 0 Å². The minimum Gasteiger partial charge on any atom is -0.378 e. The van der Waals surface area contributed by atoms with Crippen LogP contribution in [0.2, 0.25) is 0 Å². The lowest BCUT2D eigenvalue weighted by Crippen LogP contribution is -2.52. The molecule has 2 aliphatic carbocycles. The molecular formula is C19H27N. The first-order valence-electron chi connectivity index (χ1n) is 7.86. The summed E-state index contributed by atoms with van der Waals surface area (Å²) in [5.74, 6) is 1.22. The van der Waals surface area contributed by atoms with Crippen molar-refractivity contribution in [3.63, 3.8) is 0 Å². The Morgan fingerprint density at radius 2 is 1.85 bits per heavy atom. The van der Waals surface area contributed by atoms with Gasteiger partial charge in [0.25, 0.3) is 0 Å². The Labute approximate surface area is 123 Å². The second kappa shape index (κ2) is 4.38. The lowest BCUT2D eigenvalue weighted by atomic mass is 9.61. The van der Waals surface area contributed by atoms with Gasteiger partial charge in [0.2, 0.25) is 0 Å². The molecule has 0 aromatic carbocycles. The molecule has 0 spiro atoms. The van der Waals surface area contributed by atoms with E-state index < -0.39 is 0 Å². The Morgan fingerprint density at radius 3 is 2.55 bits per heavy atom. The minimum absolute atomic E-state index is 0.206. The second-order valence-corrected chi connectivity index (χ2v) is 7.59. The van der Waals surface area contributed by atoms with Crippen molar-refractivity contribution in [3.05, 3.63) is 46.2 Å². The number of fused-ring (bicyclic) bond motifs is 2. The average molecular weight is 269 g/mol. The van der Waals surface area contributed by atoms with Crippen molar-refractivity contribution in [2.45, 2.75) is 54.0 Å². The Balaban J connectivity index is 2.13. The van der Waals surface area contributed by atoms with Crippen LogP contribution in [0, 0.1) is 17.3 Å². The largest absolute Gasteiger partial charge is 0.378 e. The maximum absolute atomic E-state index is 3.85. The Morgan fingerprint density at radius 1 is 1.15 bits per heavy atom. The number of allylic oxidation sites excluding steroid dienone is 5. The third-order valence-corrected chi connectivity index (χ3v) is 5.35. The van der Waals surface area contributed by atoms with Crippen molar-refractivity contribution >= 4 is 0 Å². The van der Waals surface area contributed by atoms with Crippen LogP contribution < -0.4 is 5.32 Å². The molecule has 0 amide bonds.